The van der Waals surface area contributed by atoms with Crippen LogP contribution in [0.15, 0.2) is 61.5 Å². The van der Waals surface area contributed by atoms with Crippen LogP contribution in [0.3, 0.4) is 0 Å². The molecule has 0 bridgehead atoms. The first kappa shape index (κ1) is 24.1. The standard InChI is InChI=1S/C24H23N7O6/c25-21-17-22(29-10-28-21)31(11-30-17)24-20(35)19(34)16(37-24)2-1-5-27-23(36)14-8-13(9-15(32)18(14)33)12-3-6-26-7-4-12/h1-4,6-11,16,19-20,24,32-35H,5H2,(H,27,36)(H2,25,28,29)/t16-,19+,20?,24-/m1/s1. The molecule has 3 aromatic heterocycles. The summed E-state index contributed by atoms with van der Waals surface area (Å²) in [6, 6.07) is 6.23. The number of hydrogen-bond acceptors (Lipinski definition) is 11. The predicted molar refractivity (Wildman–Crippen MR) is 130 cm³/mol. The fraction of sp³-hybridized carbons (Fsp3) is 0.208. The molecule has 0 radical (unpaired) electrons. The minimum Gasteiger partial charge on any atom is -0.504 e. The van der Waals surface area contributed by atoms with Crippen LogP contribution in [0, 0.1) is 0 Å². The highest BCUT2D eigenvalue weighted by Gasteiger charge is 2.43. The third kappa shape index (κ3) is 4.53. The topological polar surface area (TPSA) is 202 Å². The van der Waals surface area contributed by atoms with Crippen LogP contribution in [-0.4, -0.2) is 75.7 Å². The lowest BCUT2D eigenvalue weighted by molar-refractivity contribution is -0.0245. The highest BCUT2D eigenvalue weighted by Crippen LogP contribution is 2.35. The fourth-order valence-corrected chi connectivity index (χ4v) is 4.08. The van der Waals surface area contributed by atoms with Crippen molar-refractivity contribution in [2.45, 2.75) is 24.5 Å². The monoisotopic (exact) mass is 505 g/mol. The molecule has 1 saturated heterocycles. The van der Waals surface area contributed by atoms with Gasteiger partial charge in [0.25, 0.3) is 5.91 Å². The molecule has 1 fully saturated rings. The van der Waals surface area contributed by atoms with Crippen LogP contribution in [0.5, 0.6) is 11.5 Å². The molecule has 1 unspecified atom stereocenters. The Morgan fingerprint density at radius 1 is 1.11 bits per heavy atom. The molecule has 1 aromatic carbocycles. The second-order valence-corrected chi connectivity index (χ2v) is 8.32. The summed E-state index contributed by atoms with van der Waals surface area (Å²) in [7, 11) is 0. The van der Waals surface area contributed by atoms with E-state index in [4.69, 9.17) is 10.5 Å². The third-order valence-electron chi connectivity index (χ3n) is 5.99. The molecular weight excluding hydrogens is 482 g/mol. The number of fused-ring (bicyclic) bond motifs is 1. The summed E-state index contributed by atoms with van der Waals surface area (Å²) >= 11 is 0. The largest absolute Gasteiger partial charge is 0.504 e. The van der Waals surface area contributed by atoms with Gasteiger partial charge in [0.2, 0.25) is 0 Å². The van der Waals surface area contributed by atoms with Crippen molar-refractivity contribution in [3.05, 3.63) is 67.0 Å². The highest BCUT2D eigenvalue weighted by atomic mass is 16.6. The molecule has 4 heterocycles. The Balaban J connectivity index is 1.25. The Morgan fingerprint density at radius 3 is 2.68 bits per heavy atom. The van der Waals surface area contributed by atoms with Gasteiger partial charge < -0.3 is 36.2 Å². The molecule has 13 heteroatoms. The van der Waals surface area contributed by atoms with Crippen molar-refractivity contribution in [2.24, 2.45) is 0 Å². The van der Waals surface area contributed by atoms with Crippen molar-refractivity contribution in [1.29, 1.82) is 0 Å². The maximum absolute atomic E-state index is 12.7. The summed E-state index contributed by atoms with van der Waals surface area (Å²) in [4.78, 5) is 28.8. The number of pyridine rings is 1. The zero-order chi connectivity index (χ0) is 26.1. The predicted octanol–water partition coefficient (Wildman–Crippen LogP) is 0.487. The molecule has 1 aliphatic heterocycles. The molecule has 1 aliphatic rings. The Labute approximate surface area is 209 Å². The van der Waals surface area contributed by atoms with E-state index < -0.39 is 41.9 Å². The second-order valence-electron chi connectivity index (χ2n) is 8.32. The second kappa shape index (κ2) is 9.81. The summed E-state index contributed by atoms with van der Waals surface area (Å²) in [5.41, 5.74) is 7.62. The molecule has 4 aromatic rings. The van der Waals surface area contributed by atoms with Gasteiger partial charge in [-0.1, -0.05) is 12.2 Å². The Bertz CT molecular complexity index is 1480. The Morgan fingerprint density at radius 2 is 1.89 bits per heavy atom. The number of benzene rings is 1. The van der Waals surface area contributed by atoms with Gasteiger partial charge in [-0.15, -0.1) is 0 Å². The minimum absolute atomic E-state index is 0.0175. The number of ether oxygens (including phenoxy) is 1. The molecule has 1 amide bonds. The number of phenols is 2. The smallest absolute Gasteiger partial charge is 0.255 e. The first-order chi connectivity index (χ1) is 17.8. The molecule has 0 aliphatic carbocycles. The fourth-order valence-electron chi connectivity index (χ4n) is 4.08. The van der Waals surface area contributed by atoms with Crippen LogP contribution in [0.2, 0.25) is 0 Å². The molecule has 4 atom stereocenters. The van der Waals surface area contributed by atoms with Gasteiger partial charge in [-0.2, -0.15) is 0 Å². The van der Waals surface area contributed by atoms with Crippen molar-refractivity contribution in [3.63, 3.8) is 0 Å². The molecular formula is C24H23N7O6. The van der Waals surface area contributed by atoms with Crippen molar-refractivity contribution in [3.8, 4) is 22.6 Å². The number of aromatic nitrogens is 5. The minimum atomic E-state index is -1.28. The summed E-state index contributed by atoms with van der Waals surface area (Å²) < 4.78 is 7.27. The van der Waals surface area contributed by atoms with E-state index in [-0.39, 0.29) is 17.9 Å². The number of carbonyl (C=O) groups is 1. The number of phenolic OH excluding ortho intramolecular Hbond substituents is 2. The molecule has 0 spiro atoms. The van der Waals surface area contributed by atoms with Crippen LogP contribution in [-0.2, 0) is 4.74 Å². The number of nitrogens with two attached hydrogens (primary N) is 1. The van der Waals surface area contributed by atoms with E-state index in [1.54, 1.807) is 24.5 Å². The summed E-state index contributed by atoms with van der Waals surface area (Å²) in [6.45, 7) is 0.0175. The van der Waals surface area contributed by atoms with E-state index in [9.17, 15) is 25.2 Å². The van der Waals surface area contributed by atoms with Crippen LogP contribution in [0.25, 0.3) is 22.3 Å². The number of nitrogens with one attached hydrogen (secondary N) is 1. The number of aliphatic hydroxyl groups is 2. The lowest BCUT2D eigenvalue weighted by Crippen LogP contribution is -2.31. The van der Waals surface area contributed by atoms with Gasteiger partial charge in [0, 0.05) is 18.9 Å². The summed E-state index contributed by atoms with van der Waals surface area (Å²) in [5.74, 6) is -1.43. The number of amides is 1. The zero-order valence-corrected chi connectivity index (χ0v) is 19.2. The maximum atomic E-state index is 12.7. The highest BCUT2D eigenvalue weighted by molar-refractivity contribution is 5.99. The van der Waals surface area contributed by atoms with E-state index in [0.29, 0.717) is 22.3 Å². The van der Waals surface area contributed by atoms with Crippen molar-refractivity contribution in [2.75, 3.05) is 12.3 Å². The van der Waals surface area contributed by atoms with E-state index >= 15 is 0 Å². The average molecular weight is 505 g/mol. The van der Waals surface area contributed by atoms with E-state index in [1.807, 2.05) is 0 Å². The number of rotatable bonds is 6. The van der Waals surface area contributed by atoms with Gasteiger partial charge in [0.15, 0.2) is 29.2 Å². The van der Waals surface area contributed by atoms with Gasteiger partial charge in [-0.25, -0.2) is 15.0 Å². The number of aliphatic hydroxyl groups excluding tert-OH is 2. The number of anilines is 1. The molecule has 37 heavy (non-hydrogen) atoms. The average Bonchev–Trinajstić information content (AvgIpc) is 3.45. The quantitative estimate of drug-likeness (QED) is 0.157. The van der Waals surface area contributed by atoms with Crippen LogP contribution < -0.4 is 11.1 Å². The molecule has 0 saturated carbocycles. The van der Waals surface area contributed by atoms with Gasteiger partial charge in [0.05, 0.1) is 11.9 Å². The van der Waals surface area contributed by atoms with Gasteiger partial charge in [-0.05, 0) is 35.4 Å². The SMILES string of the molecule is Nc1ncnc2c1ncn2[C@@H]1O[C@H](C=CCNC(=O)c2cc(-c3ccncc3)cc(O)c2O)[C@H](O)C1O. The zero-order valence-electron chi connectivity index (χ0n) is 19.2. The first-order valence-electron chi connectivity index (χ1n) is 11.2. The van der Waals surface area contributed by atoms with Crippen molar-refractivity contribution < 1.29 is 30.0 Å². The number of nitrogens with zero attached hydrogens (tertiary/aromatic N) is 5. The van der Waals surface area contributed by atoms with Gasteiger partial charge >= 0.3 is 0 Å². The van der Waals surface area contributed by atoms with Gasteiger partial charge in [-0.3, -0.25) is 14.3 Å². The Kier molecular flexibility index (Phi) is 6.40. The van der Waals surface area contributed by atoms with Crippen molar-refractivity contribution in [1.82, 2.24) is 29.8 Å². The van der Waals surface area contributed by atoms with Crippen LogP contribution >= 0.6 is 0 Å². The van der Waals surface area contributed by atoms with E-state index in [2.05, 4.69) is 25.3 Å². The lowest BCUT2D eigenvalue weighted by Gasteiger charge is -2.16. The van der Waals surface area contributed by atoms with Crippen molar-refractivity contribution >= 4 is 22.9 Å². The number of imidazole rings is 1. The first-order valence-corrected chi connectivity index (χ1v) is 11.2. The maximum Gasteiger partial charge on any atom is 0.255 e. The van der Waals surface area contributed by atoms with Crippen LogP contribution in [0.1, 0.15) is 16.6 Å². The number of aromatic hydroxyl groups is 2. The molecule has 190 valence electrons. The van der Waals surface area contributed by atoms with E-state index in [0.717, 1.165) is 0 Å². The van der Waals surface area contributed by atoms with Crippen LogP contribution in [0.4, 0.5) is 5.82 Å². The summed E-state index contributed by atoms with van der Waals surface area (Å²) in [5, 5.41) is 43.9. The van der Waals surface area contributed by atoms with E-state index in [1.165, 1.54) is 41.5 Å². The number of carbonyl (C=O) groups excluding carboxylic acids is 1. The lowest BCUT2D eigenvalue weighted by atomic mass is 10.0. The van der Waals surface area contributed by atoms with Gasteiger partial charge in [0.1, 0.15) is 30.2 Å². The molecule has 7 N–H and O–H groups in total. The molecule has 13 nitrogen and oxygen atoms in total. The number of hydrogen-bond donors (Lipinski definition) is 6. The molecule has 5 rings (SSSR count). The number of nitrogen functional groups attached to an aromatic ring is 1. The Hall–Kier alpha value is -4.59. The summed E-state index contributed by atoms with van der Waals surface area (Å²) in [6.07, 6.45) is 4.43. The third-order valence-corrected chi connectivity index (χ3v) is 5.99. The normalized spacial score (nSPS) is 21.6.